The number of aryl methyl sites for hydroxylation is 1. The van der Waals surface area contributed by atoms with Crippen LogP contribution in [0.2, 0.25) is 0 Å². The largest absolute Gasteiger partial charge is 0.311 e. The zero-order chi connectivity index (χ0) is 17.3. The van der Waals surface area contributed by atoms with Gasteiger partial charge < -0.3 is 4.98 Å². The van der Waals surface area contributed by atoms with E-state index in [0.717, 1.165) is 0 Å². The van der Waals surface area contributed by atoms with E-state index in [0.29, 0.717) is 22.8 Å². The van der Waals surface area contributed by atoms with Gasteiger partial charge in [-0.15, -0.1) is 5.10 Å². The SMILES string of the molecule is Cc1nc(-c2cn(C(c3ccccc3F)C(C)C)nn2)cc(=O)[nH]1. The Labute approximate surface area is 138 Å². The van der Waals surface area contributed by atoms with Gasteiger partial charge in [0.15, 0.2) is 0 Å². The molecule has 0 saturated carbocycles. The van der Waals surface area contributed by atoms with Crippen LogP contribution in [0.1, 0.15) is 31.3 Å². The summed E-state index contributed by atoms with van der Waals surface area (Å²) in [6, 6.07) is 7.71. The van der Waals surface area contributed by atoms with Crippen molar-refractivity contribution in [1.82, 2.24) is 25.0 Å². The monoisotopic (exact) mass is 327 g/mol. The van der Waals surface area contributed by atoms with Gasteiger partial charge in [-0.05, 0) is 18.9 Å². The molecule has 6 nitrogen and oxygen atoms in total. The maximum Gasteiger partial charge on any atom is 0.251 e. The molecular formula is C17H18FN5O. The van der Waals surface area contributed by atoms with E-state index >= 15 is 0 Å². The number of nitrogens with one attached hydrogen (secondary N) is 1. The number of hydrogen-bond acceptors (Lipinski definition) is 4. The van der Waals surface area contributed by atoms with Crippen molar-refractivity contribution in [3.63, 3.8) is 0 Å². The van der Waals surface area contributed by atoms with Gasteiger partial charge in [0.2, 0.25) is 0 Å². The Kier molecular flexibility index (Phi) is 4.24. The molecule has 7 heteroatoms. The topological polar surface area (TPSA) is 76.5 Å². The Balaban J connectivity index is 2.04. The zero-order valence-corrected chi connectivity index (χ0v) is 13.7. The molecule has 3 aromatic rings. The second-order valence-corrected chi connectivity index (χ2v) is 6.01. The molecule has 0 aliphatic carbocycles. The lowest BCUT2D eigenvalue weighted by Gasteiger charge is -2.21. The van der Waals surface area contributed by atoms with Crippen LogP contribution >= 0.6 is 0 Å². The lowest BCUT2D eigenvalue weighted by molar-refractivity contribution is 0.381. The van der Waals surface area contributed by atoms with Crippen LogP contribution in [-0.4, -0.2) is 25.0 Å². The molecule has 0 aliphatic rings. The Bertz CT molecular complexity index is 915. The summed E-state index contributed by atoms with van der Waals surface area (Å²) in [6.45, 7) is 5.69. The van der Waals surface area contributed by atoms with Crippen LogP contribution in [-0.2, 0) is 0 Å². The number of aromatic nitrogens is 5. The fourth-order valence-corrected chi connectivity index (χ4v) is 2.76. The number of hydrogen-bond donors (Lipinski definition) is 1. The Hall–Kier alpha value is -2.83. The van der Waals surface area contributed by atoms with Crippen LogP contribution < -0.4 is 5.56 Å². The van der Waals surface area contributed by atoms with Crippen LogP contribution in [0.25, 0.3) is 11.4 Å². The molecule has 1 unspecified atom stereocenters. The molecule has 0 saturated heterocycles. The van der Waals surface area contributed by atoms with Crippen LogP contribution in [0.4, 0.5) is 4.39 Å². The van der Waals surface area contributed by atoms with Crippen LogP contribution in [0.5, 0.6) is 0 Å². The molecule has 0 bridgehead atoms. The molecule has 3 rings (SSSR count). The molecule has 1 aromatic carbocycles. The summed E-state index contributed by atoms with van der Waals surface area (Å²) in [5, 5.41) is 8.24. The van der Waals surface area contributed by atoms with Crippen molar-refractivity contribution in [2.75, 3.05) is 0 Å². The molecule has 1 atom stereocenters. The first kappa shape index (κ1) is 16.0. The number of rotatable bonds is 4. The molecule has 0 radical (unpaired) electrons. The summed E-state index contributed by atoms with van der Waals surface area (Å²) >= 11 is 0. The smallest absolute Gasteiger partial charge is 0.251 e. The standard InChI is InChI=1S/C17H18FN5O/c1-10(2)17(12-6-4-5-7-13(12)18)23-9-15(21-22-23)14-8-16(24)20-11(3)19-14/h4-10,17H,1-3H3,(H,19,20,24). The lowest BCUT2D eigenvalue weighted by atomic mass is 9.96. The quantitative estimate of drug-likeness (QED) is 0.799. The molecule has 24 heavy (non-hydrogen) atoms. The zero-order valence-electron chi connectivity index (χ0n) is 13.7. The van der Waals surface area contributed by atoms with Crippen molar-refractivity contribution in [2.24, 2.45) is 5.92 Å². The summed E-state index contributed by atoms with van der Waals surface area (Å²) in [4.78, 5) is 18.5. The van der Waals surface area contributed by atoms with E-state index in [1.54, 1.807) is 36.0 Å². The highest BCUT2D eigenvalue weighted by atomic mass is 19.1. The molecule has 0 aliphatic heterocycles. The Morgan fingerprint density at radius 2 is 1.96 bits per heavy atom. The highest BCUT2D eigenvalue weighted by Crippen LogP contribution is 2.28. The molecule has 0 amide bonds. The maximum absolute atomic E-state index is 14.2. The van der Waals surface area contributed by atoms with E-state index in [1.807, 2.05) is 13.8 Å². The third-order valence-corrected chi connectivity index (χ3v) is 3.77. The van der Waals surface area contributed by atoms with E-state index in [4.69, 9.17) is 0 Å². The van der Waals surface area contributed by atoms with E-state index < -0.39 is 0 Å². The fraction of sp³-hybridized carbons (Fsp3) is 0.294. The summed E-state index contributed by atoms with van der Waals surface area (Å²) in [5.74, 6) is 0.324. The summed E-state index contributed by atoms with van der Waals surface area (Å²) < 4.78 is 15.8. The highest BCUT2D eigenvalue weighted by Gasteiger charge is 2.23. The van der Waals surface area contributed by atoms with E-state index in [-0.39, 0.29) is 23.3 Å². The minimum absolute atomic E-state index is 0.102. The fourth-order valence-electron chi connectivity index (χ4n) is 2.76. The minimum atomic E-state index is -0.296. The molecule has 0 fully saturated rings. The molecule has 124 valence electrons. The molecule has 1 N–H and O–H groups in total. The first-order chi connectivity index (χ1) is 11.5. The summed E-state index contributed by atoms with van der Waals surface area (Å²) in [6.07, 6.45) is 1.69. The number of halogens is 1. The predicted octanol–water partition coefficient (Wildman–Crippen LogP) is 2.72. The van der Waals surface area contributed by atoms with E-state index in [1.165, 1.54) is 12.1 Å². The van der Waals surface area contributed by atoms with Gasteiger partial charge in [0.25, 0.3) is 5.56 Å². The van der Waals surface area contributed by atoms with E-state index in [9.17, 15) is 9.18 Å². The number of nitrogens with zero attached hydrogens (tertiary/aromatic N) is 4. The van der Waals surface area contributed by atoms with Crippen molar-refractivity contribution in [3.05, 3.63) is 64.1 Å². The van der Waals surface area contributed by atoms with Gasteiger partial charge in [0, 0.05) is 11.6 Å². The molecule has 2 aromatic heterocycles. The average molecular weight is 327 g/mol. The molecule has 2 heterocycles. The molecule has 0 spiro atoms. The highest BCUT2D eigenvalue weighted by molar-refractivity contribution is 5.51. The van der Waals surface area contributed by atoms with Gasteiger partial charge in [-0.1, -0.05) is 37.3 Å². The number of aromatic amines is 1. The van der Waals surface area contributed by atoms with Gasteiger partial charge in [-0.3, -0.25) is 4.79 Å². The van der Waals surface area contributed by atoms with Crippen LogP contribution in [0, 0.1) is 18.7 Å². The number of benzene rings is 1. The molecular weight excluding hydrogens is 309 g/mol. The average Bonchev–Trinajstić information content (AvgIpc) is 2.98. The first-order valence-electron chi connectivity index (χ1n) is 7.70. The second-order valence-electron chi connectivity index (χ2n) is 6.01. The second kappa shape index (κ2) is 6.35. The van der Waals surface area contributed by atoms with Crippen molar-refractivity contribution in [1.29, 1.82) is 0 Å². The van der Waals surface area contributed by atoms with E-state index in [2.05, 4.69) is 20.3 Å². The van der Waals surface area contributed by atoms with Crippen molar-refractivity contribution < 1.29 is 4.39 Å². The van der Waals surface area contributed by atoms with Gasteiger partial charge in [0.1, 0.15) is 17.3 Å². The Morgan fingerprint density at radius 1 is 1.21 bits per heavy atom. The van der Waals surface area contributed by atoms with Crippen LogP contribution in [0.3, 0.4) is 0 Å². The number of H-pyrrole nitrogens is 1. The first-order valence-corrected chi connectivity index (χ1v) is 7.70. The van der Waals surface area contributed by atoms with Crippen molar-refractivity contribution in [3.8, 4) is 11.4 Å². The van der Waals surface area contributed by atoms with Crippen molar-refractivity contribution >= 4 is 0 Å². The third kappa shape index (κ3) is 3.10. The third-order valence-electron chi connectivity index (χ3n) is 3.77. The maximum atomic E-state index is 14.2. The van der Waals surface area contributed by atoms with Crippen molar-refractivity contribution in [2.45, 2.75) is 26.8 Å². The predicted molar refractivity (Wildman–Crippen MR) is 88.0 cm³/mol. The van der Waals surface area contributed by atoms with Gasteiger partial charge in [0.05, 0.1) is 17.9 Å². The minimum Gasteiger partial charge on any atom is -0.311 e. The normalized spacial score (nSPS) is 12.5. The van der Waals surface area contributed by atoms with Gasteiger partial charge >= 0.3 is 0 Å². The van der Waals surface area contributed by atoms with Crippen LogP contribution in [0.15, 0.2) is 41.3 Å². The summed E-state index contributed by atoms with van der Waals surface area (Å²) in [5.41, 5.74) is 1.23. The Morgan fingerprint density at radius 3 is 2.62 bits per heavy atom. The van der Waals surface area contributed by atoms with Gasteiger partial charge in [-0.25, -0.2) is 14.1 Å². The summed E-state index contributed by atoms with van der Waals surface area (Å²) in [7, 11) is 0. The lowest BCUT2D eigenvalue weighted by Crippen LogP contribution is -2.18. The van der Waals surface area contributed by atoms with Gasteiger partial charge in [-0.2, -0.15) is 0 Å².